The summed E-state index contributed by atoms with van der Waals surface area (Å²) in [5.74, 6) is 1.31. The zero-order valence-corrected chi connectivity index (χ0v) is 18.7. The summed E-state index contributed by atoms with van der Waals surface area (Å²) in [6.45, 7) is 11.7. The summed E-state index contributed by atoms with van der Waals surface area (Å²) in [6.07, 6.45) is 0. The molecule has 7 heteroatoms. The first-order valence-electron chi connectivity index (χ1n) is 11.0. The summed E-state index contributed by atoms with van der Waals surface area (Å²) in [7, 11) is 0. The van der Waals surface area contributed by atoms with Crippen molar-refractivity contribution in [2.24, 2.45) is 0 Å². The molecule has 168 valence electrons. The topological polar surface area (TPSA) is 70.5 Å². The summed E-state index contributed by atoms with van der Waals surface area (Å²) in [4.78, 5) is 14.4. The van der Waals surface area contributed by atoms with Crippen LogP contribution in [0.15, 0.2) is 36.4 Å². The van der Waals surface area contributed by atoms with Gasteiger partial charge in [-0.05, 0) is 45.0 Å². The second-order valence-electron chi connectivity index (χ2n) is 7.29. The predicted octanol–water partition coefficient (Wildman–Crippen LogP) is 2.55. The number of anilines is 1. The van der Waals surface area contributed by atoms with Gasteiger partial charge >= 0.3 is 0 Å². The number of ether oxygens (including phenoxy) is 4. The molecule has 31 heavy (non-hydrogen) atoms. The van der Waals surface area contributed by atoms with Crippen LogP contribution in [0.5, 0.6) is 17.2 Å². The summed E-state index contributed by atoms with van der Waals surface area (Å²) in [6, 6.07) is 11.4. The minimum Gasteiger partial charge on any atom is -0.490 e. The molecule has 1 aliphatic rings. The van der Waals surface area contributed by atoms with Crippen molar-refractivity contribution in [2.75, 3.05) is 51.4 Å². The Kier molecular flexibility index (Phi) is 8.55. The Balaban J connectivity index is 1.72. The molecule has 1 aliphatic heterocycles. The van der Waals surface area contributed by atoms with E-state index in [4.69, 9.17) is 18.9 Å². The number of hydrogen-bond donors (Lipinski definition) is 2. The first kappa shape index (κ1) is 22.9. The zero-order valence-electron chi connectivity index (χ0n) is 18.7. The molecule has 7 nitrogen and oxygen atoms in total. The van der Waals surface area contributed by atoms with E-state index in [0.29, 0.717) is 42.6 Å². The summed E-state index contributed by atoms with van der Waals surface area (Å²) >= 11 is 0. The highest BCUT2D eigenvalue weighted by atomic mass is 16.5. The third-order valence-electron chi connectivity index (χ3n) is 5.04. The lowest BCUT2D eigenvalue weighted by molar-refractivity contribution is -0.921. The third kappa shape index (κ3) is 6.35. The fourth-order valence-corrected chi connectivity index (χ4v) is 3.55. The highest BCUT2D eigenvalue weighted by Gasteiger charge is 2.19. The van der Waals surface area contributed by atoms with Crippen LogP contribution >= 0.6 is 0 Å². The molecule has 1 saturated heterocycles. The van der Waals surface area contributed by atoms with Crippen LogP contribution in [0.3, 0.4) is 0 Å². The maximum Gasteiger partial charge on any atom is 0.255 e. The van der Waals surface area contributed by atoms with Gasteiger partial charge in [-0.25, -0.2) is 0 Å². The second-order valence-corrected chi connectivity index (χ2v) is 7.29. The van der Waals surface area contributed by atoms with Gasteiger partial charge in [0.15, 0.2) is 11.5 Å². The molecular weight excluding hydrogens is 396 g/mol. The van der Waals surface area contributed by atoms with Crippen LogP contribution < -0.4 is 24.4 Å². The lowest BCUT2D eigenvalue weighted by atomic mass is 10.1. The van der Waals surface area contributed by atoms with Gasteiger partial charge < -0.3 is 29.2 Å². The Hall–Kier alpha value is -2.77. The van der Waals surface area contributed by atoms with E-state index >= 15 is 0 Å². The van der Waals surface area contributed by atoms with Gasteiger partial charge in [0.1, 0.15) is 19.6 Å². The molecule has 3 rings (SSSR count). The van der Waals surface area contributed by atoms with Crippen molar-refractivity contribution in [3.63, 3.8) is 0 Å². The van der Waals surface area contributed by atoms with Gasteiger partial charge in [-0.1, -0.05) is 12.1 Å². The van der Waals surface area contributed by atoms with E-state index in [0.717, 1.165) is 38.5 Å². The van der Waals surface area contributed by atoms with Gasteiger partial charge in [-0.2, -0.15) is 0 Å². The number of carbonyl (C=O) groups excluding carboxylic acids is 1. The molecule has 2 aromatic carbocycles. The molecule has 1 fully saturated rings. The van der Waals surface area contributed by atoms with Crippen molar-refractivity contribution in [1.82, 2.24) is 0 Å². The normalized spacial score (nSPS) is 14.2. The predicted molar refractivity (Wildman–Crippen MR) is 120 cm³/mol. The third-order valence-corrected chi connectivity index (χ3v) is 5.04. The van der Waals surface area contributed by atoms with Crippen LogP contribution in [-0.2, 0) is 11.3 Å². The Morgan fingerprint density at radius 2 is 1.52 bits per heavy atom. The number of quaternary nitrogens is 1. The molecule has 0 aromatic heterocycles. The van der Waals surface area contributed by atoms with Crippen molar-refractivity contribution >= 4 is 11.6 Å². The minimum atomic E-state index is -0.225. The smallest absolute Gasteiger partial charge is 0.255 e. The SMILES string of the molecule is CCOc1cc(C(=O)Nc2ccc(C[NH+]3CCOCC3)cc2)cc(OCC)c1OCC. The van der Waals surface area contributed by atoms with Crippen LogP contribution in [0.25, 0.3) is 0 Å². The van der Waals surface area contributed by atoms with E-state index in [1.807, 2.05) is 32.9 Å². The molecular formula is C24H33N2O5+. The quantitative estimate of drug-likeness (QED) is 0.608. The highest BCUT2D eigenvalue weighted by Crippen LogP contribution is 2.39. The number of carbonyl (C=O) groups is 1. The van der Waals surface area contributed by atoms with E-state index in [1.165, 1.54) is 10.5 Å². The van der Waals surface area contributed by atoms with Crippen molar-refractivity contribution < 1.29 is 28.6 Å². The molecule has 1 heterocycles. The Morgan fingerprint density at radius 3 is 2.06 bits per heavy atom. The number of rotatable bonds is 10. The maximum atomic E-state index is 12.9. The lowest BCUT2D eigenvalue weighted by Gasteiger charge is -2.23. The Bertz CT molecular complexity index is 821. The monoisotopic (exact) mass is 429 g/mol. The first-order valence-corrected chi connectivity index (χ1v) is 11.0. The number of hydrogen-bond acceptors (Lipinski definition) is 5. The largest absolute Gasteiger partial charge is 0.490 e. The van der Waals surface area contributed by atoms with Crippen LogP contribution in [-0.4, -0.2) is 52.0 Å². The van der Waals surface area contributed by atoms with E-state index in [2.05, 4.69) is 17.4 Å². The van der Waals surface area contributed by atoms with Crippen LogP contribution in [0, 0.1) is 0 Å². The van der Waals surface area contributed by atoms with Gasteiger partial charge in [-0.15, -0.1) is 0 Å². The summed E-state index contributed by atoms with van der Waals surface area (Å²) < 4.78 is 22.5. The van der Waals surface area contributed by atoms with Crippen molar-refractivity contribution in [3.05, 3.63) is 47.5 Å². The Labute approximate surface area is 184 Å². The molecule has 0 spiro atoms. The fourth-order valence-electron chi connectivity index (χ4n) is 3.55. The highest BCUT2D eigenvalue weighted by molar-refractivity contribution is 6.05. The van der Waals surface area contributed by atoms with E-state index in [1.54, 1.807) is 12.1 Å². The van der Waals surface area contributed by atoms with Crippen LogP contribution in [0.2, 0.25) is 0 Å². The summed E-state index contributed by atoms with van der Waals surface area (Å²) in [5, 5.41) is 2.96. The van der Waals surface area contributed by atoms with Crippen molar-refractivity contribution in [1.29, 1.82) is 0 Å². The number of amides is 1. The van der Waals surface area contributed by atoms with Gasteiger partial charge in [-0.3, -0.25) is 4.79 Å². The lowest BCUT2D eigenvalue weighted by Crippen LogP contribution is -3.12. The number of benzene rings is 2. The molecule has 0 bridgehead atoms. The average molecular weight is 430 g/mol. The fraction of sp³-hybridized carbons (Fsp3) is 0.458. The molecule has 0 atom stereocenters. The second kappa shape index (κ2) is 11.6. The van der Waals surface area contributed by atoms with Crippen molar-refractivity contribution in [2.45, 2.75) is 27.3 Å². The van der Waals surface area contributed by atoms with Gasteiger partial charge in [0, 0.05) is 16.8 Å². The molecule has 0 saturated carbocycles. The molecule has 0 aliphatic carbocycles. The molecule has 0 unspecified atom stereocenters. The minimum absolute atomic E-state index is 0.225. The van der Waals surface area contributed by atoms with Gasteiger partial charge in [0.05, 0.1) is 33.0 Å². The van der Waals surface area contributed by atoms with E-state index < -0.39 is 0 Å². The van der Waals surface area contributed by atoms with Gasteiger partial charge in [0.2, 0.25) is 5.75 Å². The van der Waals surface area contributed by atoms with Crippen LogP contribution in [0.4, 0.5) is 5.69 Å². The van der Waals surface area contributed by atoms with Crippen molar-refractivity contribution in [3.8, 4) is 17.2 Å². The molecule has 2 aromatic rings. The Morgan fingerprint density at radius 1 is 0.935 bits per heavy atom. The molecule has 2 N–H and O–H groups in total. The number of nitrogens with one attached hydrogen (secondary N) is 2. The standard InChI is InChI=1S/C24H32N2O5/c1-4-29-21-15-19(16-22(30-5-2)23(21)31-6-3)24(27)25-20-9-7-18(8-10-20)17-26-11-13-28-14-12-26/h7-10,15-16H,4-6,11-14,17H2,1-3H3,(H,25,27)/p+1. The molecule has 1 amide bonds. The summed E-state index contributed by atoms with van der Waals surface area (Å²) in [5.41, 5.74) is 2.45. The van der Waals surface area contributed by atoms with Crippen LogP contribution in [0.1, 0.15) is 36.7 Å². The molecule has 0 radical (unpaired) electrons. The number of morpholine rings is 1. The maximum absolute atomic E-state index is 12.9. The average Bonchev–Trinajstić information content (AvgIpc) is 2.78. The van der Waals surface area contributed by atoms with Gasteiger partial charge in [0.25, 0.3) is 5.91 Å². The van der Waals surface area contributed by atoms with E-state index in [-0.39, 0.29) is 5.91 Å². The van der Waals surface area contributed by atoms with E-state index in [9.17, 15) is 4.79 Å². The zero-order chi connectivity index (χ0) is 22.1. The first-order chi connectivity index (χ1) is 15.1.